The van der Waals surface area contributed by atoms with Crippen LogP contribution in [-0.4, -0.2) is 38.8 Å². The molecule has 0 aromatic heterocycles. The third-order valence-electron chi connectivity index (χ3n) is 3.89. The van der Waals surface area contributed by atoms with Gasteiger partial charge in [0.1, 0.15) is 17.2 Å². The number of hydrogen-bond acceptors (Lipinski definition) is 6. The number of esters is 1. The van der Waals surface area contributed by atoms with Gasteiger partial charge in [0.05, 0.1) is 20.8 Å². The number of nitrogens with one attached hydrogen (secondary N) is 1. The minimum absolute atomic E-state index is 0.163. The summed E-state index contributed by atoms with van der Waals surface area (Å²) in [5.74, 6) is 1.29. The number of carbonyl (C=O) groups excluding carboxylic acids is 2. The monoisotopic (exact) mass is 387 g/mol. The first-order valence-corrected chi connectivity index (χ1v) is 8.93. The molecule has 0 spiro atoms. The maximum Gasteiger partial charge on any atom is 0.306 e. The van der Waals surface area contributed by atoms with Crippen LogP contribution in [0.1, 0.15) is 19.8 Å². The Morgan fingerprint density at radius 3 is 2.00 bits per heavy atom. The van der Waals surface area contributed by atoms with E-state index in [2.05, 4.69) is 5.32 Å². The first-order chi connectivity index (χ1) is 13.5. The van der Waals surface area contributed by atoms with Gasteiger partial charge in [-0.15, -0.1) is 0 Å². The minimum atomic E-state index is -0.892. The van der Waals surface area contributed by atoms with Crippen molar-refractivity contribution in [3.8, 4) is 17.2 Å². The predicted octanol–water partition coefficient (Wildman–Crippen LogP) is 3.43. The van der Waals surface area contributed by atoms with Gasteiger partial charge in [-0.2, -0.15) is 0 Å². The van der Waals surface area contributed by atoms with E-state index in [1.165, 1.54) is 6.92 Å². The van der Waals surface area contributed by atoms with E-state index in [9.17, 15) is 9.59 Å². The number of carbonyl (C=O) groups is 2. The highest BCUT2D eigenvalue weighted by Crippen LogP contribution is 2.17. The summed E-state index contributed by atoms with van der Waals surface area (Å²) in [5.41, 5.74) is 0.599. The molecule has 0 saturated heterocycles. The van der Waals surface area contributed by atoms with Crippen LogP contribution in [0.15, 0.2) is 48.5 Å². The lowest BCUT2D eigenvalue weighted by atomic mass is 10.2. The summed E-state index contributed by atoms with van der Waals surface area (Å²) < 4.78 is 20.9. The van der Waals surface area contributed by atoms with E-state index in [-0.39, 0.29) is 6.42 Å². The van der Waals surface area contributed by atoms with Gasteiger partial charge in [-0.1, -0.05) is 0 Å². The van der Waals surface area contributed by atoms with Gasteiger partial charge in [-0.3, -0.25) is 9.59 Å². The fourth-order valence-electron chi connectivity index (χ4n) is 2.31. The van der Waals surface area contributed by atoms with E-state index in [0.717, 1.165) is 5.75 Å². The Morgan fingerprint density at radius 2 is 1.43 bits per heavy atom. The number of rotatable bonds is 10. The Labute approximate surface area is 164 Å². The largest absolute Gasteiger partial charge is 0.497 e. The number of anilines is 1. The molecule has 1 atom stereocenters. The van der Waals surface area contributed by atoms with Crippen LogP contribution in [0, 0.1) is 0 Å². The Balaban J connectivity index is 1.67. The Kier molecular flexibility index (Phi) is 8.14. The zero-order valence-corrected chi connectivity index (χ0v) is 16.3. The summed E-state index contributed by atoms with van der Waals surface area (Å²) in [7, 11) is 3.16. The van der Waals surface area contributed by atoms with E-state index in [1.807, 2.05) is 0 Å². The fourth-order valence-corrected chi connectivity index (χ4v) is 2.31. The van der Waals surface area contributed by atoms with Gasteiger partial charge in [-0.05, 0) is 61.9 Å². The Bertz CT molecular complexity index is 757. The molecule has 2 aromatic rings. The number of hydrogen-bond donors (Lipinski definition) is 1. The summed E-state index contributed by atoms with van der Waals surface area (Å²) in [5, 5.41) is 2.69. The molecule has 150 valence electrons. The predicted molar refractivity (Wildman–Crippen MR) is 105 cm³/mol. The third-order valence-corrected chi connectivity index (χ3v) is 3.89. The molecule has 0 bridgehead atoms. The van der Waals surface area contributed by atoms with Crippen LogP contribution in [0.2, 0.25) is 0 Å². The van der Waals surface area contributed by atoms with Gasteiger partial charge in [-0.25, -0.2) is 0 Å². The maximum atomic E-state index is 12.1. The summed E-state index contributed by atoms with van der Waals surface area (Å²) >= 11 is 0. The van der Waals surface area contributed by atoms with Crippen molar-refractivity contribution in [3.05, 3.63) is 48.5 Å². The van der Waals surface area contributed by atoms with Crippen molar-refractivity contribution < 1.29 is 28.5 Å². The van der Waals surface area contributed by atoms with Crippen LogP contribution < -0.4 is 19.5 Å². The summed E-state index contributed by atoms with van der Waals surface area (Å²) in [6.45, 7) is 1.90. The zero-order chi connectivity index (χ0) is 20.4. The minimum Gasteiger partial charge on any atom is -0.497 e. The normalized spacial score (nSPS) is 11.2. The lowest BCUT2D eigenvalue weighted by Crippen LogP contribution is -2.30. The molecule has 0 saturated carbocycles. The average Bonchev–Trinajstić information content (AvgIpc) is 2.72. The second-order valence-electron chi connectivity index (χ2n) is 5.98. The second kappa shape index (κ2) is 10.8. The van der Waals surface area contributed by atoms with Crippen LogP contribution in [0.4, 0.5) is 5.69 Å². The van der Waals surface area contributed by atoms with Crippen molar-refractivity contribution in [1.82, 2.24) is 0 Å². The zero-order valence-electron chi connectivity index (χ0n) is 16.3. The lowest BCUT2D eigenvalue weighted by Gasteiger charge is -2.14. The summed E-state index contributed by atoms with van der Waals surface area (Å²) in [4.78, 5) is 24.0. The third kappa shape index (κ3) is 6.83. The number of methoxy groups -OCH3 is 2. The van der Waals surface area contributed by atoms with E-state index in [1.54, 1.807) is 62.8 Å². The maximum absolute atomic E-state index is 12.1. The highest BCUT2D eigenvalue weighted by Gasteiger charge is 2.17. The molecule has 0 heterocycles. The molecule has 0 aliphatic rings. The summed E-state index contributed by atoms with van der Waals surface area (Å²) in [6, 6.07) is 14.1. The molecular weight excluding hydrogens is 362 g/mol. The molecule has 0 aliphatic carbocycles. The van der Waals surface area contributed by atoms with Crippen molar-refractivity contribution in [2.24, 2.45) is 0 Å². The Hall–Kier alpha value is -3.22. The molecule has 1 N–H and O–H groups in total. The SMILES string of the molecule is COc1ccc(NC(=O)[C@H](C)OC(=O)CCCOc2ccc(OC)cc2)cc1. The molecule has 1 amide bonds. The molecular formula is C21H25NO6. The van der Waals surface area contributed by atoms with Gasteiger partial charge in [0.25, 0.3) is 5.91 Å². The molecule has 0 unspecified atom stereocenters. The van der Waals surface area contributed by atoms with E-state index in [4.69, 9.17) is 18.9 Å². The van der Waals surface area contributed by atoms with Crippen LogP contribution >= 0.6 is 0 Å². The highest BCUT2D eigenvalue weighted by atomic mass is 16.5. The average molecular weight is 387 g/mol. The molecule has 7 heteroatoms. The smallest absolute Gasteiger partial charge is 0.306 e. The van der Waals surface area contributed by atoms with Gasteiger partial charge < -0.3 is 24.3 Å². The first-order valence-electron chi connectivity index (χ1n) is 8.93. The van der Waals surface area contributed by atoms with Gasteiger partial charge in [0, 0.05) is 12.1 Å². The Morgan fingerprint density at radius 1 is 0.893 bits per heavy atom. The van der Waals surface area contributed by atoms with Crippen molar-refractivity contribution in [3.63, 3.8) is 0 Å². The summed E-state index contributed by atoms with van der Waals surface area (Å²) in [6.07, 6.45) is -0.245. The van der Waals surface area contributed by atoms with Crippen LogP contribution in [0.3, 0.4) is 0 Å². The lowest BCUT2D eigenvalue weighted by molar-refractivity contribution is -0.153. The van der Waals surface area contributed by atoms with Crippen molar-refractivity contribution in [2.75, 3.05) is 26.1 Å². The quantitative estimate of drug-likeness (QED) is 0.497. The molecule has 2 aromatic carbocycles. The van der Waals surface area contributed by atoms with Crippen LogP contribution in [-0.2, 0) is 14.3 Å². The van der Waals surface area contributed by atoms with E-state index in [0.29, 0.717) is 30.2 Å². The first kappa shape index (κ1) is 21.1. The van der Waals surface area contributed by atoms with Crippen molar-refractivity contribution in [1.29, 1.82) is 0 Å². The van der Waals surface area contributed by atoms with Gasteiger partial charge in [0.2, 0.25) is 0 Å². The van der Waals surface area contributed by atoms with E-state index >= 15 is 0 Å². The molecule has 2 rings (SSSR count). The number of amides is 1. The number of ether oxygens (including phenoxy) is 4. The topological polar surface area (TPSA) is 83.1 Å². The highest BCUT2D eigenvalue weighted by molar-refractivity contribution is 5.95. The van der Waals surface area contributed by atoms with Crippen LogP contribution in [0.25, 0.3) is 0 Å². The molecule has 28 heavy (non-hydrogen) atoms. The van der Waals surface area contributed by atoms with E-state index < -0.39 is 18.0 Å². The molecule has 7 nitrogen and oxygen atoms in total. The number of benzene rings is 2. The standard InChI is InChI=1S/C21H25NO6/c1-15(21(24)22-16-6-8-17(25-2)9-7-16)28-20(23)5-4-14-27-19-12-10-18(26-3)11-13-19/h6-13,15H,4-5,14H2,1-3H3,(H,22,24)/t15-/m0/s1. The van der Waals surface area contributed by atoms with Gasteiger partial charge >= 0.3 is 5.97 Å². The van der Waals surface area contributed by atoms with Crippen molar-refractivity contribution >= 4 is 17.6 Å². The van der Waals surface area contributed by atoms with Crippen molar-refractivity contribution in [2.45, 2.75) is 25.9 Å². The van der Waals surface area contributed by atoms with Gasteiger partial charge in [0.15, 0.2) is 6.10 Å². The molecule has 0 aliphatic heterocycles. The fraction of sp³-hybridized carbons (Fsp3) is 0.333. The van der Waals surface area contributed by atoms with Crippen LogP contribution in [0.5, 0.6) is 17.2 Å². The molecule has 0 radical (unpaired) electrons. The second-order valence-corrected chi connectivity index (χ2v) is 5.98. The molecule has 0 fully saturated rings.